The van der Waals surface area contributed by atoms with E-state index in [9.17, 15) is 0 Å². The Labute approximate surface area is 55.5 Å². The molecular weight excluding hydrogens is 116 g/mol. The molecule has 2 N–H and O–H groups in total. The van der Waals surface area contributed by atoms with Crippen molar-refractivity contribution in [2.75, 3.05) is 13.2 Å². The van der Waals surface area contributed by atoms with Crippen molar-refractivity contribution in [3.63, 3.8) is 0 Å². The minimum absolute atomic E-state index is 0.0398. The van der Waals surface area contributed by atoms with Crippen molar-refractivity contribution in [1.82, 2.24) is 0 Å². The van der Waals surface area contributed by atoms with Gasteiger partial charge in [0.05, 0.1) is 0 Å². The van der Waals surface area contributed by atoms with Crippen molar-refractivity contribution >= 4 is 0 Å². The summed E-state index contributed by atoms with van der Waals surface area (Å²) in [6, 6.07) is 0. The number of terminal acetylenes is 1. The third-order valence-electron chi connectivity index (χ3n) is 1.44. The summed E-state index contributed by atoms with van der Waals surface area (Å²) in [6.45, 7) is 1.72. The van der Waals surface area contributed by atoms with E-state index in [1.165, 1.54) is 0 Å². The van der Waals surface area contributed by atoms with Crippen LogP contribution < -0.4 is 0 Å². The first kappa shape index (κ1) is 8.48. The highest BCUT2D eigenvalue weighted by atomic mass is 16.3. The van der Waals surface area contributed by atoms with Crippen molar-refractivity contribution in [3.8, 4) is 12.3 Å². The first-order chi connectivity index (χ1) is 4.26. The Morgan fingerprint density at radius 2 is 1.89 bits per heavy atom. The van der Waals surface area contributed by atoms with Crippen LogP contribution in [0.1, 0.15) is 6.92 Å². The Balaban J connectivity index is 3.67. The molecule has 2 heteroatoms. The van der Waals surface area contributed by atoms with Gasteiger partial charge in [-0.3, -0.25) is 0 Å². The largest absolute Gasteiger partial charge is 0.396 e. The van der Waals surface area contributed by atoms with Gasteiger partial charge >= 0.3 is 0 Å². The van der Waals surface area contributed by atoms with Crippen LogP contribution in [0.15, 0.2) is 0 Å². The summed E-state index contributed by atoms with van der Waals surface area (Å²) in [6.07, 6.45) is 5.05. The molecule has 0 aromatic rings. The van der Waals surface area contributed by atoms with Gasteiger partial charge in [0.2, 0.25) is 0 Å². The van der Waals surface area contributed by atoms with Gasteiger partial charge in [-0.2, -0.15) is 0 Å². The first-order valence-electron chi connectivity index (χ1n) is 2.94. The lowest BCUT2D eigenvalue weighted by Crippen LogP contribution is -2.18. The van der Waals surface area contributed by atoms with Gasteiger partial charge < -0.3 is 10.2 Å². The fourth-order valence-corrected chi connectivity index (χ4v) is 0.510. The minimum Gasteiger partial charge on any atom is -0.396 e. The van der Waals surface area contributed by atoms with Gasteiger partial charge in [0.25, 0.3) is 0 Å². The summed E-state index contributed by atoms with van der Waals surface area (Å²) in [5, 5.41) is 17.1. The van der Waals surface area contributed by atoms with Gasteiger partial charge in [-0.1, -0.05) is 6.92 Å². The monoisotopic (exact) mass is 128 g/mol. The molecule has 0 aliphatic heterocycles. The van der Waals surface area contributed by atoms with Crippen LogP contribution in [-0.4, -0.2) is 23.4 Å². The third-order valence-corrected chi connectivity index (χ3v) is 1.44. The lowest BCUT2D eigenvalue weighted by molar-refractivity contribution is 0.129. The highest BCUT2D eigenvalue weighted by Gasteiger charge is 2.11. The molecular formula is C7H12O2. The topological polar surface area (TPSA) is 40.5 Å². The van der Waals surface area contributed by atoms with Crippen LogP contribution in [0.4, 0.5) is 0 Å². The standard InChI is InChI=1S/C7H12O2/c1-3-6(2)7(4-8)5-9/h1,6-9H,4-5H2,2H3/t6-/m1/s1. The maximum absolute atomic E-state index is 8.57. The van der Waals surface area contributed by atoms with Gasteiger partial charge in [0.15, 0.2) is 0 Å². The molecule has 0 fully saturated rings. The number of aliphatic hydroxyl groups is 2. The number of aliphatic hydroxyl groups excluding tert-OH is 2. The molecule has 0 spiro atoms. The second-order valence-electron chi connectivity index (χ2n) is 2.08. The molecule has 1 atom stereocenters. The van der Waals surface area contributed by atoms with Crippen molar-refractivity contribution in [2.45, 2.75) is 6.92 Å². The second-order valence-corrected chi connectivity index (χ2v) is 2.08. The van der Waals surface area contributed by atoms with Gasteiger partial charge in [0, 0.05) is 25.0 Å². The van der Waals surface area contributed by atoms with Crippen molar-refractivity contribution < 1.29 is 10.2 Å². The number of hydrogen-bond donors (Lipinski definition) is 2. The van der Waals surface area contributed by atoms with Crippen LogP contribution in [0.5, 0.6) is 0 Å². The summed E-state index contributed by atoms with van der Waals surface area (Å²) in [5.74, 6) is 2.25. The molecule has 0 rings (SSSR count). The minimum atomic E-state index is -0.157. The lowest BCUT2D eigenvalue weighted by Gasteiger charge is -2.12. The maximum atomic E-state index is 8.57. The zero-order valence-electron chi connectivity index (χ0n) is 5.54. The van der Waals surface area contributed by atoms with E-state index in [1.807, 2.05) is 0 Å². The fourth-order valence-electron chi connectivity index (χ4n) is 0.510. The normalized spacial score (nSPS) is 13.2. The Morgan fingerprint density at radius 1 is 1.44 bits per heavy atom. The average Bonchev–Trinajstić information content (AvgIpc) is 1.90. The van der Waals surface area contributed by atoms with Gasteiger partial charge in [-0.05, 0) is 0 Å². The molecule has 0 aromatic heterocycles. The van der Waals surface area contributed by atoms with Gasteiger partial charge in [0.1, 0.15) is 0 Å². The molecule has 0 amide bonds. The molecule has 0 radical (unpaired) electrons. The molecule has 0 aliphatic rings. The highest BCUT2D eigenvalue weighted by molar-refractivity contribution is 4.93. The Kier molecular flexibility index (Phi) is 4.12. The predicted molar refractivity (Wildman–Crippen MR) is 35.7 cm³/mol. The fraction of sp³-hybridized carbons (Fsp3) is 0.714. The smallest absolute Gasteiger partial charge is 0.0492 e. The zero-order chi connectivity index (χ0) is 7.28. The van der Waals surface area contributed by atoms with E-state index in [0.717, 1.165) is 0 Å². The van der Waals surface area contributed by atoms with Crippen LogP contribution >= 0.6 is 0 Å². The molecule has 0 aliphatic carbocycles. The third kappa shape index (κ3) is 2.50. The van der Waals surface area contributed by atoms with E-state index < -0.39 is 0 Å². The molecule has 0 aromatic carbocycles. The second kappa shape index (κ2) is 4.37. The van der Waals surface area contributed by atoms with Crippen LogP contribution in [0.2, 0.25) is 0 Å². The van der Waals surface area contributed by atoms with Gasteiger partial charge in [-0.25, -0.2) is 0 Å². The van der Waals surface area contributed by atoms with E-state index in [2.05, 4.69) is 5.92 Å². The molecule has 0 heterocycles. The molecule has 0 saturated heterocycles. The zero-order valence-corrected chi connectivity index (χ0v) is 5.54. The summed E-state index contributed by atoms with van der Waals surface area (Å²) in [4.78, 5) is 0. The Bertz CT molecular complexity index is 100.0. The van der Waals surface area contributed by atoms with Gasteiger partial charge in [-0.15, -0.1) is 12.3 Å². The summed E-state index contributed by atoms with van der Waals surface area (Å²) < 4.78 is 0. The maximum Gasteiger partial charge on any atom is 0.0492 e. The Morgan fingerprint density at radius 3 is 2.00 bits per heavy atom. The number of hydrogen-bond acceptors (Lipinski definition) is 2. The SMILES string of the molecule is C#C[C@@H](C)C(CO)CO. The predicted octanol–water partition coefficient (Wildman–Crippen LogP) is -0.143. The summed E-state index contributed by atoms with van der Waals surface area (Å²) in [5.41, 5.74) is 0. The van der Waals surface area contributed by atoms with Crippen molar-refractivity contribution in [2.24, 2.45) is 11.8 Å². The van der Waals surface area contributed by atoms with Crippen LogP contribution in [-0.2, 0) is 0 Å². The van der Waals surface area contributed by atoms with Crippen LogP contribution in [0, 0.1) is 24.2 Å². The van der Waals surface area contributed by atoms with E-state index in [1.54, 1.807) is 6.92 Å². The van der Waals surface area contributed by atoms with Crippen molar-refractivity contribution in [3.05, 3.63) is 0 Å². The van der Waals surface area contributed by atoms with Crippen molar-refractivity contribution in [1.29, 1.82) is 0 Å². The summed E-state index contributed by atoms with van der Waals surface area (Å²) >= 11 is 0. The number of rotatable bonds is 3. The molecule has 2 nitrogen and oxygen atoms in total. The summed E-state index contributed by atoms with van der Waals surface area (Å²) in [7, 11) is 0. The van der Waals surface area contributed by atoms with E-state index in [-0.39, 0.29) is 25.0 Å². The van der Waals surface area contributed by atoms with E-state index in [0.29, 0.717) is 0 Å². The average molecular weight is 128 g/mol. The molecule has 0 unspecified atom stereocenters. The molecule has 9 heavy (non-hydrogen) atoms. The van der Waals surface area contributed by atoms with Crippen LogP contribution in [0.3, 0.4) is 0 Å². The molecule has 0 saturated carbocycles. The lowest BCUT2D eigenvalue weighted by atomic mass is 9.97. The van der Waals surface area contributed by atoms with E-state index >= 15 is 0 Å². The van der Waals surface area contributed by atoms with E-state index in [4.69, 9.17) is 16.6 Å². The Hall–Kier alpha value is -0.520. The van der Waals surface area contributed by atoms with Crippen LogP contribution in [0.25, 0.3) is 0 Å². The quantitative estimate of drug-likeness (QED) is 0.519. The highest BCUT2D eigenvalue weighted by Crippen LogP contribution is 2.07. The first-order valence-corrected chi connectivity index (χ1v) is 2.94. The molecule has 0 bridgehead atoms. The molecule has 52 valence electrons.